The zero-order chi connectivity index (χ0) is 24.4. The van der Waals surface area contributed by atoms with Gasteiger partial charge in [0.15, 0.2) is 5.82 Å². The second-order valence-electron chi connectivity index (χ2n) is 9.54. The number of rotatable bonds is 4. The van der Waals surface area contributed by atoms with E-state index in [9.17, 15) is 14.0 Å². The van der Waals surface area contributed by atoms with Crippen molar-refractivity contribution in [2.75, 3.05) is 18.4 Å². The number of nitrogens with one attached hydrogen (secondary N) is 1. The summed E-state index contributed by atoms with van der Waals surface area (Å²) >= 11 is 0. The number of aryl methyl sites for hydroxylation is 2. The van der Waals surface area contributed by atoms with Gasteiger partial charge in [-0.05, 0) is 62.9 Å². The molecule has 35 heavy (non-hydrogen) atoms. The highest BCUT2D eigenvalue weighted by Crippen LogP contribution is 2.28. The standard InChI is InChI=1S/C27H30FN5O2/c1-18-8-10-19(11-9-18)27(35)32-14-5-6-20(17-32)26(34)29-21-12-13-23(28)22(16-21)25-31-30-24-7-3-2-4-15-33(24)25/h8-13,16,20H,2-7,14-15,17H2,1H3,(H,29,34). The van der Waals surface area contributed by atoms with Crippen LogP contribution in [0.1, 0.15) is 53.8 Å². The fourth-order valence-electron chi connectivity index (χ4n) is 4.96. The highest BCUT2D eigenvalue weighted by molar-refractivity contribution is 5.96. The Balaban J connectivity index is 1.30. The number of nitrogens with zero attached hydrogens (tertiary/aromatic N) is 4. The third-order valence-corrected chi connectivity index (χ3v) is 6.96. The van der Waals surface area contributed by atoms with Gasteiger partial charge in [0.1, 0.15) is 11.6 Å². The topological polar surface area (TPSA) is 80.1 Å². The Hall–Kier alpha value is -3.55. The van der Waals surface area contributed by atoms with Crippen molar-refractivity contribution in [3.8, 4) is 11.4 Å². The zero-order valence-corrected chi connectivity index (χ0v) is 20.0. The van der Waals surface area contributed by atoms with Gasteiger partial charge < -0.3 is 14.8 Å². The Labute approximate surface area is 204 Å². The van der Waals surface area contributed by atoms with E-state index < -0.39 is 5.82 Å². The Morgan fingerprint density at radius 2 is 1.83 bits per heavy atom. The molecule has 1 unspecified atom stereocenters. The van der Waals surface area contributed by atoms with Crippen LogP contribution in [0.4, 0.5) is 10.1 Å². The molecular weight excluding hydrogens is 445 g/mol. The average molecular weight is 476 g/mol. The van der Waals surface area contributed by atoms with E-state index in [1.54, 1.807) is 17.0 Å². The van der Waals surface area contributed by atoms with Crippen LogP contribution in [0.5, 0.6) is 0 Å². The molecule has 2 aliphatic rings. The van der Waals surface area contributed by atoms with Crippen LogP contribution < -0.4 is 5.32 Å². The number of likely N-dealkylation sites (tertiary alicyclic amines) is 1. The molecule has 0 bridgehead atoms. The fourth-order valence-corrected chi connectivity index (χ4v) is 4.96. The smallest absolute Gasteiger partial charge is 0.253 e. The third-order valence-electron chi connectivity index (χ3n) is 6.96. The van der Waals surface area contributed by atoms with E-state index in [0.29, 0.717) is 42.1 Å². The Morgan fingerprint density at radius 1 is 1.00 bits per heavy atom. The molecule has 8 heteroatoms. The van der Waals surface area contributed by atoms with E-state index in [-0.39, 0.29) is 17.7 Å². The van der Waals surface area contributed by atoms with E-state index in [1.807, 2.05) is 35.8 Å². The summed E-state index contributed by atoms with van der Waals surface area (Å²) < 4.78 is 16.8. The van der Waals surface area contributed by atoms with E-state index >= 15 is 0 Å². The highest BCUT2D eigenvalue weighted by atomic mass is 19.1. The lowest BCUT2D eigenvalue weighted by atomic mass is 9.96. The predicted molar refractivity (Wildman–Crippen MR) is 131 cm³/mol. The number of fused-ring (bicyclic) bond motifs is 1. The quantitative estimate of drug-likeness (QED) is 0.598. The van der Waals surface area contributed by atoms with Crippen molar-refractivity contribution in [1.82, 2.24) is 19.7 Å². The fraction of sp³-hybridized carbons (Fsp3) is 0.407. The maximum atomic E-state index is 14.8. The number of halogens is 1. The molecule has 5 rings (SSSR count). The molecule has 2 aliphatic heterocycles. The first-order valence-electron chi connectivity index (χ1n) is 12.4. The summed E-state index contributed by atoms with van der Waals surface area (Å²) in [4.78, 5) is 27.8. The van der Waals surface area contributed by atoms with Gasteiger partial charge in [-0.3, -0.25) is 9.59 Å². The molecule has 0 spiro atoms. The number of carbonyl (C=O) groups is 2. The second kappa shape index (κ2) is 9.98. The van der Waals surface area contributed by atoms with E-state index in [0.717, 1.165) is 50.0 Å². The van der Waals surface area contributed by atoms with Crippen molar-refractivity contribution in [2.24, 2.45) is 5.92 Å². The maximum Gasteiger partial charge on any atom is 0.253 e. The molecule has 2 aromatic carbocycles. The number of aromatic nitrogens is 3. The molecule has 1 N–H and O–H groups in total. The monoisotopic (exact) mass is 475 g/mol. The first-order chi connectivity index (χ1) is 17.0. The summed E-state index contributed by atoms with van der Waals surface area (Å²) in [7, 11) is 0. The van der Waals surface area contributed by atoms with Crippen molar-refractivity contribution in [2.45, 2.75) is 52.0 Å². The summed E-state index contributed by atoms with van der Waals surface area (Å²) in [6.07, 6.45) is 5.49. The van der Waals surface area contributed by atoms with E-state index in [4.69, 9.17) is 0 Å². The van der Waals surface area contributed by atoms with Crippen LogP contribution in [0.3, 0.4) is 0 Å². The summed E-state index contributed by atoms with van der Waals surface area (Å²) in [5, 5.41) is 11.5. The number of amides is 2. The van der Waals surface area contributed by atoms with Gasteiger partial charge in [-0.25, -0.2) is 4.39 Å². The molecule has 0 radical (unpaired) electrons. The maximum absolute atomic E-state index is 14.8. The number of hydrogen-bond donors (Lipinski definition) is 1. The molecule has 0 saturated carbocycles. The first-order valence-corrected chi connectivity index (χ1v) is 12.4. The van der Waals surface area contributed by atoms with Crippen LogP contribution in [-0.4, -0.2) is 44.6 Å². The van der Waals surface area contributed by atoms with Crippen LogP contribution in [0.2, 0.25) is 0 Å². The molecule has 1 atom stereocenters. The Bertz CT molecular complexity index is 1240. The number of benzene rings is 2. The number of piperidine rings is 1. The lowest BCUT2D eigenvalue weighted by Crippen LogP contribution is -2.43. The molecule has 1 saturated heterocycles. The normalized spacial score (nSPS) is 18.0. The molecule has 3 heterocycles. The SMILES string of the molecule is Cc1ccc(C(=O)N2CCCC(C(=O)Nc3ccc(F)c(-c4nnc5n4CCCCC5)c3)C2)cc1. The van der Waals surface area contributed by atoms with Crippen LogP contribution in [-0.2, 0) is 17.8 Å². The van der Waals surface area contributed by atoms with Crippen LogP contribution in [0, 0.1) is 18.7 Å². The van der Waals surface area contributed by atoms with Crippen molar-refractivity contribution in [1.29, 1.82) is 0 Å². The minimum atomic E-state index is -0.394. The van der Waals surface area contributed by atoms with Gasteiger partial charge in [0, 0.05) is 37.3 Å². The van der Waals surface area contributed by atoms with Crippen LogP contribution in [0.15, 0.2) is 42.5 Å². The third kappa shape index (κ3) is 4.97. The second-order valence-corrected chi connectivity index (χ2v) is 9.54. The average Bonchev–Trinajstić information content (AvgIpc) is 3.12. The van der Waals surface area contributed by atoms with Gasteiger partial charge in [0.05, 0.1) is 11.5 Å². The minimum Gasteiger partial charge on any atom is -0.338 e. The lowest BCUT2D eigenvalue weighted by Gasteiger charge is -2.32. The van der Waals surface area contributed by atoms with Crippen molar-refractivity contribution in [3.63, 3.8) is 0 Å². The van der Waals surface area contributed by atoms with E-state index in [2.05, 4.69) is 15.5 Å². The molecule has 3 aromatic rings. The molecule has 7 nitrogen and oxygen atoms in total. The number of hydrogen-bond acceptors (Lipinski definition) is 4. The zero-order valence-electron chi connectivity index (χ0n) is 20.0. The van der Waals surface area contributed by atoms with Gasteiger partial charge in [0.2, 0.25) is 5.91 Å². The first kappa shape index (κ1) is 23.2. The van der Waals surface area contributed by atoms with Crippen molar-refractivity contribution in [3.05, 3.63) is 65.2 Å². The summed E-state index contributed by atoms with van der Waals surface area (Å²) in [5.74, 6) is 0.448. The van der Waals surface area contributed by atoms with E-state index in [1.165, 1.54) is 6.07 Å². The minimum absolute atomic E-state index is 0.0564. The van der Waals surface area contributed by atoms with Crippen LogP contribution >= 0.6 is 0 Å². The Kier molecular flexibility index (Phi) is 6.61. The summed E-state index contributed by atoms with van der Waals surface area (Å²) in [5.41, 5.74) is 2.58. The molecule has 1 aromatic heterocycles. The molecule has 2 amide bonds. The number of carbonyl (C=O) groups excluding carboxylic acids is 2. The van der Waals surface area contributed by atoms with Gasteiger partial charge in [0.25, 0.3) is 5.91 Å². The van der Waals surface area contributed by atoms with Crippen molar-refractivity contribution >= 4 is 17.5 Å². The summed E-state index contributed by atoms with van der Waals surface area (Å²) in [6.45, 7) is 3.75. The molecule has 182 valence electrons. The molecular formula is C27H30FN5O2. The van der Waals surface area contributed by atoms with Crippen molar-refractivity contribution < 1.29 is 14.0 Å². The lowest BCUT2D eigenvalue weighted by molar-refractivity contribution is -0.121. The highest BCUT2D eigenvalue weighted by Gasteiger charge is 2.29. The predicted octanol–water partition coefficient (Wildman–Crippen LogP) is 4.61. The van der Waals surface area contributed by atoms with Gasteiger partial charge in [-0.15, -0.1) is 10.2 Å². The summed E-state index contributed by atoms with van der Waals surface area (Å²) in [6, 6.07) is 12.0. The van der Waals surface area contributed by atoms with Gasteiger partial charge in [-0.1, -0.05) is 24.1 Å². The number of anilines is 1. The molecule has 0 aliphatic carbocycles. The Morgan fingerprint density at radius 3 is 2.66 bits per heavy atom. The largest absolute Gasteiger partial charge is 0.338 e. The van der Waals surface area contributed by atoms with Gasteiger partial charge >= 0.3 is 0 Å². The molecule has 1 fully saturated rings. The van der Waals surface area contributed by atoms with Crippen LogP contribution in [0.25, 0.3) is 11.4 Å². The van der Waals surface area contributed by atoms with Gasteiger partial charge in [-0.2, -0.15) is 0 Å².